The number of hydrogen-bond donors (Lipinski definition) is 2. The van der Waals surface area contributed by atoms with Crippen LogP contribution in [0.25, 0.3) is 0 Å². The highest BCUT2D eigenvalue weighted by Crippen LogP contribution is 2.36. The van der Waals surface area contributed by atoms with Gasteiger partial charge >= 0.3 is 5.97 Å². The third-order valence-corrected chi connectivity index (χ3v) is 4.52. The molecule has 0 spiro atoms. The first-order chi connectivity index (χ1) is 8.22. The summed E-state index contributed by atoms with van der Waals surface area (Å²) in [5, 5.41) is 10.1. The lowest BCUT2D eigenvalue weighted by Crippen LogP contribution is -2.07. The fourth-order valence-corrected chi connectivity index (χ4v) is 3.60. The SMILES string of the molecule is NCCc1sc(C2CCCCC2)nc1C(=O)O. The number of carboxylic acids is 1. The molecule has 1 fully saturated rings. The Morgan fingerprint density at radius 2 is 2.12 bits per heavy atom. The van der Waals surface area contributed by atoms with Crippen LogP contribution in [0.1, 0.15) is 58.4 Å². The molecule has 1 aromatic rings. The Morgan fingerprint density at radius 1 is 1.41 bits per heavy atom. The smallest absolute Gasteiger partial charge is 0.355 e. The number of carbonyl (C=O) groups is 1. The maximum absolute atomic E-state index is 11.1. The molecule has 5 heteroatoms. The number of nitrogens with two attached hydrogens (primary N) is 1. The summed E-state index contributed by atoms with van der Waals surface area (Å²) in [5.74, 6) is -0.454. The van der Waals surface area contributed by atoms with Gasteiger partial charge in [-0.1, -0.05) is 19.3 Å². The highest BCUT2D eigenvalue weighted by molar-refractivity contribution is 7.12. The second kappa shape index (κ2) is 5.60. The lowest BCUT2D eigenvalue weighted by molar-refractivity contribution is 0.0690. The first-order valence-electron chi connectivity index (χ1n) is 6.15. The van der Waals surface area contributed by atoms with E-state index in [2.05, 4.69) is 4.98 Å². The normalized spacial score (nSPS) is 17.2. The van der Waals surface area contributed by atoms with Gasteiger partial charge in [-0.15, -0.1) is 11.3 Å². The minimum absolute atomic E-state index is 0.223. The molecule has 0 unspecified atom stereocenters. The quantitative estimate of drug-likeness (QED) is 0.865. The zero-order valence-corrected chi connectivity index (χ0v) is 10.6. The van der Waals surface area contributed by atoms with Gasteiger partial charge in [-0.25, -0.2) is 9.78 Å². The molecule has 0 radical (unpaired) electrons. The molecule has 1 aliphatic carbocycles. The second-order valence-corrected chi connectivity index (χ2v) is 5.62. The van der Waals surface area contributed by atoms with Crippen molar-refractivity contribution in [2.45, 2.75) is 44.4 Å². The summed E-state index contributed by atoms with van der Waals surface area (Å²) >= 11 is 1.55. The van der Waals surface area contributed by atoms with E-state index in [-0.39, 0.29) is 5.69 Å². The predicted molar refractivity (Wildman–Crippen MR) is 67.7 cm³/mol. The number of thiazole rings is 1. The predicted octanol–water partition coefficient (Wildman–Crippen LogP) is 2.39. The molecule has 1 aliphatic rings. The zero-order chi connectivity index (χ0) is 12.3. The van der Waals surface area contributed by atoms with Crippen molar-refractivity contribution in [2.75, 3.05) is 6.54 Å². The van der Waals surface area contributed by atoms with Gasteiger partial charge in [0, 0.05) is 10.8 Å². The molecule has 0 amide bonds. The molecule has 0 saturated heterocycles. The van der Waals surface area contributed by atoms with E-state index in [0.29, 0.717) is 18.9 Å². The Labute approximate surface area is 105 Å². The lowest BCUT2D eigenvalue weighted by atomic mass is 9.90. The first-order valence-corrected chi connectivity index (χ1v) is 6.97. The molecule has 2 rings (SSSR count). The van der Waals surface area contributed by atoms with Crippen molar-refractivity contribution in [2.24, 2.45) is 5.73 Å². The van der Waals surface area contributed by atoms with Gasteiger partial charge < -0.3 is 10.8 Å². The van der Waals surface area contributed by atoms with E-state index in [0.717, 1.165) is 22.7 Å². The van der Waals surface area contributed by atoms with Crippen molar-refractivity contribution in [1.82, 2.24) is 4.98 Å². The van der Waals surface area contributed by atoms with Crippen LogP contribution < -0.4 is 5.73 Å². The van der Waals surface area contributed by atoms with Gasteiger partial charge in [-0.05, 0) is 25.8 Å². The van der Waals surface area contributed by atoms with Crippen LogP contribution in [-0.4, -0.2) is 22.6 Å². The number of hydrogen-bond acceptors (Lipinski definition) is 4. The maximum Gasteiger partial charge on any atom is 0.355 e. The Bertz CT molecular complexity index is 397. The highest BCUT2D eigenvalue weighted by atomic mass is 32.1. The minimum Gasteiger partial charge on any atom is -0.476 e. The molecule has 17 heavy (non-hydrogen) atoms. The van der Waals surface area contributed by atoms with Gasteiger partial charge in [0.25, 0.3) is 0 Å². The Morgan fingerprint density at radius 3 is 2.71 bits per heavy atom. The van der Waals surface area contributed by atoms with Crippen LogP contribution >= 0.6 is 11.3 Å². The molecule has 0 bridgehead atoms. The summed E-state index contributed by atoms with van der Waals surface area (Å²) in [4.78, 5) is 16.2. The van der Waals surface area contributed by atoms with E-state index in [1.807, 2.05) is 0 Å². The molecular formula is C12H18N2O2S. The second-order valence-electron chi connectivity index (χ2n) is 4.50. The van der Waals surface area contributed by atoms with Crippen LogP contribution in [0.3, 0.4) is 0 Å². The van der Waals surface area contributed by atoms with Crippen LogP contribution in [0.15, 0.2) is 0 Å². The third-order valence-electron chi connectivity index (χ3n) is 3.24. The highest BCUT2D eigenvalue weighted by Gasteiger charge is 2.23. The number of carboxylic acid groups (broad SMARTS) is 1. The molecule has 4 nitrogen and oxygen atoms in total. The van der Waals surface area contributed by atoms with Crippen molar-refractivity contribution in [3.05, 3.63) is 15.6 Å². The topological polar surface area (TPSA) is 76.2 Å². The van der Waals surface area contributed by atoms with Crippen LogP contribution in [-0.2, 0) is 6.42 Å². The summed E-state index contributed by atoms with van der Waals surface area (Å²) in [7, 11) is 0. The van der Waals surface area contributed by atoms with Gasteiger partial charge in [0.05, 0.1) is 5.01 Å². The molecule has 0 atom stereocenters. The van der Waals surface area contributed by atoms with Crippen molar-refractivity contribution >= 4 is 17.3 Å². The average Bonchev–Trinajstić information content (AvgIpc) is 2.75. The molecule has 0 aromatic carbocycles. The minimum atomic E-state index is -0.924. The maximum atomic E-state index is 11.1. The van der Waals surface area contributed by atoms with Gasteiger partial charge in [0.15, 0.2) is 5.69 Å². The van der Waals surface area contributed by atoms with Crippen LogP contribution in [0.4, 0.5) is 0 Å². The van der Waals surface area contributed by atoms with Crippen LogP contribution in [0.5, 0.6) is 0 Å². The van der Waals surface area contributed by atoms with E-state index in [1.165, 1.54) is 19.3 Å². The number of aromatic carboxylic acids is 1. The molecule has 1 aromatic heterocycles. The summed E-state index contributed by atoms with van der Waals surface area (Å²) in [6.45, 7) is 0.479. The van der Waals surface area contributed by atoms with Crippen molar-refractivity contribution in [3.8, 4) is 0 Å². The summed E-state index contributed by atoms with van der Waals surface area (Å²) in [5.41, 5.74) is 5.73. The summed E-state index contributed by atoms with van der Waals surface area (Å²) in [6, 6.07) is 0. The van der Waals surface area contributed by atoms with E-state index >= 15 is 0 Å². The zero-order valence-electron chi connectivity index (χ0n) is 9.82. The molecule has 3 N–H and O–H groups in total. The number of nitrogens with zero attached hydrogens (tertiary/aromatic N) is 1. The fourth-order valence-electron chi connectivity index (χ4n) is 2.36. The van der Waals surface area contributed by atoms with Crippen molar-refractivity contribution in [1.29, 1.82) is 0 Å². The van der Waals surface area contributed by atoms with E-state index in [9.17, 15) is 4.79 Å². The number of aromatic nitrogens is 1. The molecule has 1 heterocycles. The number of rotatable bonds is 4. The van der Waals surface area contributed by atoms with Crippen LogP contribution in [0, 0.1) is 0 Å². The average molecular weight is 254 g/mol. The first kappa shape index (κ1) is 12.5. The third kappa shape index (κ3) is 2.84. The Hall–Kier alpha value is -0.940. The Kier molecular flexibility index (Phi) is 4.12. The van der Waals surface area contributed by atoms with Gasteiger partial charge in [-0.2, -0.15) is 0 Å². The van der Waals surface area contributed by atoms with Gasteiger partial charge in [0.2, 0.25) is 0 Å². The summed E-state index contributed by atoms with van der Waals surface area (Å²) < 4.78 is 0. The van der Waals surface area contributed by atoms with Crippen molar-refractivity contribution < 1.29 is 9.90 Å². The molecule has 94 valence electrons. The van der Waals surface area contributed by atoms with Crippen molar-refractivity contribution in [3.63, 3.8) is 0 Å². The van der Waals surface area contributed by atoms with Gasteiger partial charge in [-0.3, -0.25) is 0 Å². The fraction of sp³-hybridized carbons (Fsp3) is 0.667. The largest absolute Gasteiger partial charge is 0.476 e. The molecule has 1 saturated carbocycles. The monoisotopic (exact) mass is 254 g/mol. The van der Waals surface area contributed by atoms with E-state index in [1.54, 1.807) is 11.3 Å². The standard InChI is InChI=1S/C12H18N2O2S/c13-7-6-9-10(12(15)16)14-11(17-9)8-4-2-1-3-5-8/h8H,1-7,13H2,(H,15,16). The molecule has 0 aliphatic heterocycles. The van der Waals surface area contributed by atoms with E-state index < -0.39 is 5.97 Å². The van der Waals surface area contributed by atoms with Crippen LogP contribution in [0.2, 0.25) is 0 Å². The lowest BCUT2D eigenvalue weighted by Gasteiger charge is -2.18. The van der Waals surface area contributed by atoms with E-state index in [4.69, 9.17) is 10.8 Å². The molecular weight excluding hydrogens is 236 g/mol. The summed E-state index contributed by atoms with van der Waals surface area (Å²) in [6.07, 6.45) is 6.68. The Balaban J connectivity index is 2.22. The van der Waals surface area contributed by atoms with Gasteiger partial charge in [0.1, 0.15) is 0 Å².